The van der Waals surface area contributed by atoms with E-state index >= 15 is 0 Å². The van der Waals surface area contributed by atoms with Gasteiger partial charge in [0.05, 0.1) is 12.0 Å². The van der Waals surface area contributed by atoms with Crippen LogP contribution in [0.1, 0.15) is 34.1 Å². The molecular weight excluding hydrogens is 218 g/mol. The maximum Gasteiger partial charge on any atom is 0.229 e. The fourth-order valence-corrected chi connectivity index (χ4v) is 2.92. The molecule has 1 fully saturated rings. The molecule has 0 N–H and O–H groups in total. The first-order valence-corrected chi connectivity index (χ1v) is 8.99. The van der Waals surface area contributed by atoms with E-state index < -0.39 is 9.04 Å². The summed E-state index contributed by atoms with van der Waals surface area (Å²) >= 11 is 0. The summed E-state index contributed by atoms with van der Waals surface area (Å²) in [6.45, 7) is 13.5. The first-order valence-electron chi connectivity index (χ1n) is 6.21. The number of β-lactam (4-membered cyclic amide) rings is 1. The number of nitrogens with zero attached hydrogens (tertiary/aromatic N) is 1. The lowest BCUT2D eigenvalue weighted by Crippen LogP contribution is -2.66. The first-order chi connectivity index (χ1) is 7.29. The molecule has 1 aliphatic rings. The summed E-state index contributed by atoms with van der Waals surface area (Å²) in [6, 6.07) is 0.345. The number of rotatable bonds is 4. The molecule has 3 nitrogen and oxygen atoms in total. The smallest absolute Gasteiger partial charge is 0.229 e. The van der Waals surface area contributed by atoms with Crippen molar-refractivity contribution in [3.8, 4) is 0 Å². The zero-order valence-corrected chi connectivity index (χ0v) is 12.6. The highest BCUT2D eigenvalue weighted by Crippen LogP contribution is 2.40. The Labute approximate surface area is 101 Å². The number of amides is 1. The van der Waals surface area contributed by atoms with E-state index in [0.717, 1.165) is 6.42 Å². The Kier molecular flexibility index (Phi) is 4.18. The van der Waals surface area contributed by atoms with Crippen LogP contribution in [0.25, 0.3) is 0 Å². The molecule has 1 heterocycles. The Morgan fingerprint density at radius 2 is 1.94 bits per heavy atom. The number of hydrogen-bond donors (Lipinski definition) is 0. The second kappa shape index (κ2) is 4.88. The van der Waals surface area contributed by atoms with Crippen LogP contribution in [-0.2, 0) is 9.22 Å². The maximum absolute atomic E-state index is 11.9. The molecule has 16 heavy (non-hydrogen) atoms. The molecule has 0 spiro atoms. The van der Waals surface area contributed by atoms with Crippen molar-refractivity contribution >= 4 is 14.9 Å². The van der Waals surface area contributed by atoms with E-state index in [1.807, 2.05) is 4.90 Å². The molecule has 1 unspecified atom stereocenters. The minimum atomic E-state index is -1.04. The second-order valence-electron chi connectivity index (χ2n) is 5.98. The lowest BCUT2D eigenvalue weighted by atomic mass is 9.71. The average molecular weight is 243 g/mol. The monoisotopic (exact) mass is 243 g/mol. The summed E-state index contributed by atoms with van der Waals surface area (Å²) in [5.74, 6) is 0.481. The minimum Gasteiger partial charge on any atom is -0.403 e. The zero-order valence-electron chi connectivity index (χ0n) is 11.4. The Bertz CT molecular complexity index is 260. The molecule has 0 bridgehead atoms. The zero-order chi connectivity index (χ0) is 12.5. The maximum atomic E-state index is 11.9. The van der Waals surface area contributed by atoms with Gasteiger partial charge < -0.3 is 9.33 Å². The van der Waals surface area contributed by atoms with Crippen molar-refractivity contribution < 1.29 is 9.22 Å². The quantitative estimate of drug-likeness (QED) is 0.560. The van der Waals surface area contributed by atoms with Crippen LogP contribution in [0.5, 0.6) is 0 Å². The van der Waals surface area contributed by atoms with Crippen LogP contribution >= 0.6 is 0 Å². The van der Waals surface area contributed by atoms with Crippen LogP contribution in [0.3, 0.4) is 0 Å². The fourth-order valence-electron chi connectivity index (χ4n) is 2.46. The molecule has 2 atom stereocenters. The van der Waals surface area contributed by atoms with E-state index in [1.165, 1.54) is 0 Å². The Morgan fingerprint density at radius 1 is 1.38 bits per heavy atom. The van der Waals surface area contributed by atoms with Crippen LogP contribution in [0.4, 0.5) is 0 Å². The molecule has 0 aliphatic carbocycles. The molecule has 1 saturated heterocycles. The highest BCUT2D eigenvalue weighted by molar-refractivity contribution is 6.48. The third kappa shape index (κ3) is 2.66. The number of likely N-dealkylation sites (tertiary alicyclic amines) is 1. The Morgan fingerprint density at radius 3 is 2.31 bits per heavy atom. The van der Waals surface area contributed by atoms with Gasteiger partial charge in [0.15, 0.2) is 9.04 Å². The van der Waals surface area contributed by atoms with E-state index in [9.17, 15) is 4.79 Å². The molecule has 1 amide bonds. The predicted octanol–water partition coefficient (Wildman–Crippen LogP) is 2.23. The van der Waals surface area contributed by atoms with Gasteiger partial charge in [-0.1, -0.05) is 27.7 Å². The van der Waals surface area contributed by atoms with E-state index in [-0.39, 0.29) is 17.2 Å². The van der Waals surface area contributed by atoms with E-state index in [0.29, 0.717) is 12.8 Å². The average Bonchev–Trinajstić information content (AvgIpc) is 2.12. The molecule has 1 aliphatic heterocycles. The summed E-state index contributed by atoms with van der Waals surface area (Å²) in [5, 5.41) is 0. The molecule has 0 radical (unpaired) electrons. The van der Waals surface area contributed by atoms with Gasteiger partial charge in [-0.15, -0.1) is 0 Å². The van der Waals surface area contributed by atoms with Crippen molar-refractivity contribution in [2.75, 3.05) is 6.73 Å². The molecular formula is C12H25NO2Si. The first kappa shape index (κ1) is 13.7. The number of hydrogen-bond acceptors (Lipinski definition) is 2. The van der Waals surface area contributed by atoms with Gasteiger partial charge in [-0.2, -0.15) is 0 Å². The second-order valence-corrected chi connectivity index (χ2v) is 8.41. The van der Waals surface area contributed by atoms with Crippen LogP contribution in [0.15, 0.2) is 0 Å². The van der Waals surface area contributed by atoms with Gasteiger partial charge >= 0.3 is 0 Å². The van der Waals surface area contributed by atoms with Crippen molar-refractivity contribution in [2.24, 2.45) is 11.3 Å². The van der Waals surface area contributed by atoms with Gasteiger partial charge in [0.2, 0.25) is 5.91 Å². The molecule has 0 aromatic rings. The normalized spacial score (nSPS) is 26.2. The lowest BCUT2D eigenvalue weighted by molar-refractivity contribution is -0.171. The van der Waals surface area contributed by atoms with E-state index in [4.69, 9.17) is 4.43 Å². The Hall–Kier alpha value is -0.353. The third-order valence-corrected chi connectivity index (χ3v) is 4.01. The van der Waals surface area contributed by atoms with Crippen LogP contribution in [-0.4, -0.2) is 32.6 Å². The lowest BCUT2D eigenvalue weighted by Gasteiger charge is -2.53. The number of carbonyl (C=O) groups excluding carboxylic acids is 1. The molecule has 1 rings (SSSR count). The van der Waals surface area contributed by atoms with Crippen molar-refractivity contribution in [3.63, 3.8) is 0 Å². The van der Waals surface area contributed by atoms with Crippen LogP contribution in [0, 0.1) is 11.3 Å². The molecule has 4 heteroatoms. The van der Waals surface area contributed by atoms with Crippen molar-refractivity contribution in [1.29, 1.82) is 0 Å². The van der Waals surface area contributed by atoms with Gasteiger partial charge in [-0.3, -0.25) is 4.79 Å². The van der Waals surface area contributed by atoms with Crippen LogP contribution < -0.4 is 0 Å². The standard InChI is InChI=1S/C12H25NO2Si/c1-7-9-10(12(2,3)4)13(11(9)14)8-15-16(5)6/h9-10,16H,7-8H2,1-6H3/t9?,10-/m0/s1. The summed E-state index contributed by atoms with van der Waals surface area (Å²) < 4.78 is 5.68. The summed E-state index contributed by atoms with van der Waals surface area (Å²) in [4.78, 5) is 13.8. The highest BCUT2D eigenvalue weighted by Gasteiger charge is 2.51. The topological polar surface area (TPSA) is 29.5 Å². The number of carbonyl (C=O) groups is 1. The van der Waals surface area contributed by atoms with E-state index in [2.05, 4.69) is 40.8 Å². The van der Waals surface area contributed by atoms with E-state index in [1.54, 1.807) is 0 Å². The SMILES string of the molecule is CCC1C(=O)N(CO[SiH](C)C)[C@@H]1C(C)(C)C. The molecule has 0 aromatic heterocycles. The highest BCUT2D eigenvalue weighted by atomic mass is 28.3. The van der Waals surface area contributed by atoms with Crippen LogP contribution in [0.2, 0.25) is 13.1 Å². The van der Waals surface area contributed by atoms with Gasteiger partial charge in [-0.25, -0.2) is 0 Å². The van der Waals surface area contributed by atoms with Crippen molar-refractivity contribution in [3.05, 3.63) is 0 Å². The largest absolute Gasteiger partial charge is 0.403 e. The summed E-state index contributed by atoms with van der Waals surface area (Å²) in [7, 11) is -1.04. The van der Waals surface area contributed by atoms with Gasteiger partial charge in [0.25, 0.3) is 0 Å². The predicted molar refractivity (Wildman–Crippen MR) is 68.7 cm³/mol. The summed E-state index contributed by atoms with van der Waals surface area (Å²) in [5.41, 5.74) is 0.149. The molecule has 94 valence electrons. The third-order valence-electron chi connectivity index (χ3n) is 3.19. The molecule has 0 saturated carbocycles. The van der Waals surface area contributed by atoms with Crippen molar-refractivity contribution in [2.45, 2.75) is 53.3 Å². The van der Waals surface area contributed by atoms with Gasteiger partial charge in [0.1, 0.15) is 6.73 Å². The fraction of sp³-hybridized carbons (Fsp3) is 0.917. The van der Waals surface area contributed by atoms with Crippen molar-refractivity contribution in [1.82, 2.24) is 4.90 Å². The Balaban J connectivity index is 2.65. The summed E-state index contributed by atoms with van der Waals surface area (Å²) in [6.07, 6.45) is 0.941. The molecule has 0 aromatic carbocycles. The van der Waals surface area contributed by atoms with Gasteiger partial charge in [0, 0.05) is 0 Å². The van der Waals surface area contributed by atoms with Gasteiger partial charge in [-0.05, 0) is 24.9 Å². The minimum absolute atomic E-state index is 0.149.